The number of benzene rings is 1. The molecule has 0 radical (unpaired) electrons. The van der Waals surface area contributed by atoms with Gasteiger partial charge >= 0.3 is 0 Å². The van der Waals surface area contributed by atoms with Crippen molar-refractivity contribution in [2.75, 3.05) is 7.05 Å². The smallest absolute Gasteiger partial charge is 0.271 e. The van der Waals surface area contributed by atoms with Crippen molar-refractivity contribution < 1.29 is 4.79 Å². The molecule has 1 aromatic carbocycles. The van der Waals surface area contributed by atoms with Crippen LogP contribution in [0.2, 0.25) is 0 Å². The molecule has 0 bridgehead atoms. The molecule has 0 saturated heterocycles. The molecule has 1 aromatic heterocycles. The monoisotopic (exact) mass is 258 g/mol. The van der Waals surface area contributed by atoms with Crippen LogP contribution in [0.25, 0.3) is 5.69 Å². The molecule has 5 nitrogen and oxygen atoms in total. The number of nitrogens with zero attached hydrogens (tertiary/aromatic N) is 2. The summed E-state index contributed by atoms with van der Waals surface area (Å²) in [4.78, 5) is 11.4. The van der Waals surface area contributed by atoms with Crippen molar-refractivity contribution >= 4 is 5.91 Å². The number of carbonyl (C=O) groups is 1. The third kappa shape index (κ3) is 2.82. The Morgan fingerprint density at radius 2 is 2.05 bits per heavy atom. The fraction of sp³-hybridized carbons (Fsp3) is 0.286. The van der Waals surface area contributed by atoms with Crippen LogP contribution in [0.4, 0.5) is 0 Å². The van der Waals surface area contributed by atoms with Crippen LogP contribution >= 0.6 is 0 Å². The molecule has 0 fully saturated rings. The van der Waals surface area contributed by atoms with E-state index in [1.54, 1.807) is 24.0 Å². The highest BCUT2D eigenvalue weighted by molar-refractivity contribution is 5.91. The zero-order valence-corrected chi connectivity index (χ0v) is 11.1. The van der Waals surface area contributed by atoms with E-state index in [2.05, 4.69) is 17.3 Å². The SMILES string of the molecule is CC[C@@H](N)c1ccc(-n2ccc(C(=O)NC)n2)cc1. The molecule has 1 amide bonds. The summed E-state index contributed by atoms with van der Waals surface area (Å²) < 4.78 is 1.67. The molecule has 0 aliphatic carbocycles. The van der Waals surface area contributed by atoms with E-state index in [4.69, 9.17) is 5.73 Å². The van der Waals surface area contributed by atoms with Gasteiger partial charge in [-0.3, -0.25) is 4.79 Å². The Morgan fingerprint density at radius 3 is 2.63 bits per heavy atom. The Labute approximate surface area is 112 Å². The van der Waals surface area contributed by atoms with Gasteiger partial charge in [-0.1, -0.05) is 19.1 Å². The molecular formula is C14H18N4O. The molecule has 2 aromatic rings. The molecule has 1 heterocycles. The summed E-state index contributed by atoms with van der Waals surface area (Å²) >= 11 is 0. The number of hydrogen-bond donors (Lipinski definition) is 2. The molecule has 3 N–H and O–H groups in total. The maximum atomic E-state index is 11.4. The number of rotatable bonds is 4. The summed E-state index contributed by atoms with van der Waals surface area (Å²) in [5.74, 6) is -0.191. The summed E-state index contributed by atoms with van der Waals surface area (Å²) in [5, 5.41) is 6.77. The van der Waals surface area contributed by atoms with Crippen LogP contribution in [0.3, 0.4) is 0 Å². The number of hydrogen-bond acceptors (Lipinski definition) is 3. The van der Waals surface area contributed by atoms with Crippen molar-refractivity contribution in [3.8, 4) is 5.69 Å². The standard InChI is InChI=1S/C14H18N4O/c1-3-12(15)10-4-6-11(7-5-10)18-9-8-13(17-18)14(19)16-2/h4-9,12H,3,15H2,1-2H3,(H,16,19)/t12-/m1/s1. The Bertz CT molecular complexity index is 559. The Hall–Kier alpha value is -2.14. The van der Waals surface area contributed by atoms with Gasteiger partial charge in [0.2, 0.25) is 0 Å². The molecule has 2 rings (SSSR count). The molecule has 0 spiro atoms. The molecule has 1 atom stereocenters. The van der Waals surface area contributed by atoms with E-state index in [-0.39, 0.29) is 11.9 Å². The first-order valence-corrected chi connectivity index (χ1v) is 6.29. The second kappa shape index (κ2) is 5.67. The molecule has 0 saturated carbocycles. The zero-order chi connectivity index (χ0) is 13.8. The summed E-state index contributed by atoms with van der Waals surface area (Å²) in [6.45, 7) is 2.06. The first-order valence-electron chi connectivity index (χ1n) is 6.29. The highest BCUT2D eigenvalue weighted by Crippen LogP contribution is 2.16. The summed E-state index contributed by atoms with van der Waals surface area (Å²) in [6, 6.07) is 9.63. The van der Waals surface area contributed by atoms with E-state index in [0.717, 1.165) is 17.7 Å². The number of carbonyl (C=O) groups excluding carboxylic acids is 1. The van der Waals surface area contributed by atoms with E-state index >= 15 is 0 Å². The van der Waals surface area contributed by atoms with Crippen LogP contribution in [0, 0.1) is 0 Å². The number of amides is 1. The minimum Gasteiger partial charge on any atom is -0.354 e. The van der Waals surface area contributed by atoms with Crippen LogP contribution in [0.15, 0.2) is 36.5 Å². The fourth-order valence-corrected chi connectivity index (χ4v) is 1.83. The second-order valence-corrected chi connectivity index (χ2v) is 4.33. The van der Waals surface area contributed by atoms with Crippen molar-refractivity contribution in [3.05, 3.63) is 47.8 Å². The van der Waals surface area contributed by atoms with Crippen LogP contribution < -0.4 is 11.1 Å². The van der Waals surface area contributed by atoms with Gasteiger partial charge in [-0.15, -0.1) is 0 Å². The Kier molecular flexibility index (Phi) is 3.97. The first kappa shape index (κ1) is 13.3. The van der Waals surface area contributed by atoms with Gasteiger partial charge in [0.25, 0.3) is 5.91 Å². The van der Waals surface area contributed by atoms with E-state index in [1.807, 2.05) is 24.3 Å². The largest absolute Gasteiger partial charge is 0.354 e. The van der Waals surface area contributed by atoms with Crippen molar-refractivity contribution in [2.45, 2.75) is 19.4 Å². The van der Waals surface area contributed by atoms with Crippen molar-refractivity contribution in [3.63, 3.8) is 0 Å². The third-order valence-corrected chi connectivity index (χ3v) is 3.07. The topological polar surface area (TPSA) is 72.9 Å². The summed E-state index contributed by atoms with van der Waals surface area (Å²) in [6.07, 6.45) is 2.67. The lowest BCUT2D eigenvalue weighted by Crippen LogP contribution is -2.18. The van der Waals surface area contributed by atoms with E-state index in [1.165, 1.54) is 0 Å². The molecule has 5 heteroatoms. The summed E-state index contributed by atoms with van der Waals surface area (Å²) in [5.41, 5.74) is 8.38. The van der Waals surface area contributed by atoms with Crippen LogP contribution in [0.1, 0.15) is 35.4 Å². The average molecular weight is 258 g/mol. The second-order valence-electron chi connectivity index (χ2n) is 4.33. The molecule has 100 valence electrons. The van der Waals surface area contributed by atoms with Gasteiger partial charge in [0.1, 0.15) is 0 Å². The number of aromatic nitrogens is 2. The van der Waals surface area contributed by atoms with Crippen molar-refractivity contribution in [1.29, 1.82) is 0 Å². The maximum absolute atomic E-state index is 11.4. The Balaban J connectivity index is 2.22. The normalized spacial score (nSPS) is 12.2. The molecule has 0 aliphatic rings. The zero-order valence-electron chi connectivity index (χ0n) is 11.1. The van der Waals surface area contributed by atoms with Crippen LogP contribution in [-0.4, -0.2) is 22.7 Å². The van der Waals surface area contributed by atoms with Gasteiger partial charge in [0.15, 0.2) is 5.69 Å². The molecule has 0 unspecified atom stereocenters. The van der Waals surface area contributed by atoms with E-state index < -0.39 is 0 Å². The molecular weight excluding hydrogens is 240 g/mol. The van der Waals surface area contributed by atoms with Crippen LogP contribution in [-0.2, 0) is 0 Å². The quantitative estimate of drug-likeness (QED) is 0.875. The predicted molar refractivity (Wildman–Crippen MR) is 74.2 cm³/mol. The number of nitrogens with two attached hydrogens (primary N) is 1. The van der Waals surface area contributed by atoms with Gasteiger partial charge in [-0.2, -0.15) is 5.10 Å². The van der Waals surface area contributed by atoms with Gasteiger partial charge in [0.05, 0.1) is 5.69 Å². The van der Waals surface area contributed by atoms with Crippen LogP contribution in [0.5, 0.6) is 0 Å². The first-order chi connectivity index (χ1) is 9.15. The van der Waals surface area contributed by atoms with Gasteiger partial charge in [-0.05, 0) is 30.2 Å². The molecule has 19 heavy (non-hydrogen) atoms. The lowest BCUT2D eigenvalue weighted by molar-refractivity contribution is 0.0957. The highest BCUT2D eigenvalue weighted by atomic mass is 16.1. The fourth-order valence-electron chi connectivity index (χ4n) is 1.83. The Morgan fingerprint density at radius 1 is 1.37 bits per heavy atom. The van der Waals surface area contributed by atoms with Crippen molar-refractivity contribution in [2.24, 2.45) is 5.73 Å². The van der Waals surface area contributed by atoms with Gasteiger partial charge < -0.3 is 11.1 Å². The summed E-state index contributed by atoms with van der Waals surface area (Å²) in [7, 11) is 1.59. The number of nitrogens with one attached hydrogen (secondary N) is 1. The predicted octanol–water partition coefficient (Wildman–Crippen LogP) is 1.64. The highest BCUT2D eigenvalue weighted by Gasteiger charge is 2.08. The average Bonchev–Trinajstić information content (AvgIpc) is 2.95. The lowest BCUT2D eigenvalue weighted by Gasteiger charge is -2.09. The van der Waals surface area contributed by atoms with E-state index in [0.29, 0.717) is 5.69 Å². The minimum absolute atomic E-state index is 0.0631. The molecule has 0 aliphatic heterocycles. The van der Waals surface area contributed by atoms with E-state index in [9.17, 15) is 4.79 Å². The third-order valence-electron chi connectivity index (χ3n) is 3.07. The minimum atomic E-state index is -0.191. The maximum Gasteiger partial charge on any atom is 0.271 e. The van der Waals surface area contributed by atoms with Crippen molar-refractivity contribution in [1.82, 2.24) is 15.1 Å². The lowest BCUT2D eigenvalue weighted by atomic mass is 10.1. The van der Waals surface area contributed by atoms with Gasteiger partial charge in [0, 0.05) is 19.3 Å². The van der Waals surface area contributed by atoms with Gasteiger partial charge in [-0.25, -0.2) is 4.68 Å².